The molecule has 11 nitrogen and oxygen atoms in total. The number of hydrogen-bond donors (Lipinski definition) is 2. The summed E-state index contributed by atoms with van der Waals surface area (Å²) in [6, 6.07) is 3.77. The molecule has 1 aromatic carbocycles. The number of carbonyl (C=O) groups excluding carboxylic acids is 3. The van der Waals surface area contributed by atoms with E-state index in [9.17, 15) is 19.5 Å². The fourth-order valence-corrected chi connectivity index (χ4v) is 7.18. The summed E-state index contributed by atoms with van der Waals surface area (Å²) in [4.78, 5) is 41.3. The molecule has 2 unspecified atom stereocenters. The third-order valence-electron chi connectivity index (χ3n) is 10.3. The van der Waals surface area contributed by atoms with Crippen LogP contribution in [0.5, 0.6) is 5.75 Å². The fourth-order valence-electron chi connectivity index (χ4n) is 6.87. The first-order chi connectivity index (χ1) is 22.0. The van der Waals surface area contributed by atoms with Crippen LogP contribution in [0.2, 0.25) is 5.02 Å². The summed E-state index contributed by atoms with van der Waals surface area (Å²) in [5, 5.41) is 14.9. The normalized spacial score (nSPS) is 35.5. The molecule has 2 fully saturated rings. The van der Waals surface area contributed by atoms with Crippen LogP contribution in [0.3, 0.4) is 0 Å². The molecule has 2 saturated heterocycles. The summed E-state index contributed by atoms with van der Waals surface area (Å²) >= 11 is 6.77. The topological polar surface area (TPSA) is 136 Å². The number of rotatable bonds is 5. The highest BCUT2D eigenvalue weighted by Crippen LogP contribution is 2.50. The second-order valence-corrected chi connectivity index (χ2v) is 14.5. The van der Waals surface area contributed by atoms with E-state index in [0.717, 1.165) is 5.56 Å². The number of ether oxygens (including phenoxy) is 5. The van der Waals surface area contributed by atoms with E-state index in [1.54, 1.807) is 40.8 Å². The summed E-state index contributed by atoms with van der Waals surface area (Å²) < 4.78 is 29.3. The number of methoxy groups -OCH3 is 2. The maximum absolute atomic E-state index is 14.0. The van der Waals surface area contributed by atoms with Gasteiger partial charge in [0.25, 0.3) is 0 Å². The van der Waals surface area contributed by atoms with Crippen LogP contribution >= 0.6 is 11.6 Å². The van der Waals surface area contributed by atoms with E-state index < -0.39 is 65.6 Å². The Balaban J connectivity index is 1.83. The van der Waals surface area contributed by atoms with E-state index in [2.05, 4.69) is 19.2 Å². The Kier molecular flexibility index (Phi) is 11.3. The lowest BCUT2D eigenvalue weighted by molar-refractivity contribution is -0.179. The van der Waals surface area contributed by atoms with Crippen LogP contribution in [0, 0.1) is 29.6 Å². The number of nitrogens with one attached hydrogen (secondary N) is 1. The molecule has 0 spiro atoms. The molecule has 9 atom stereocenters. The largest absolute Gasteiger partial charge is 0.495 e. The first kappa shape index (κ1) is 37.0. The fraction of sp³-hybridized carbons (Fsp3) is 0.686. The minimum Gasteiger partial charge on any atom is -0.495 e. The molecule has 3 aliphatic rings. The second kappa shape index (κ2) is 14.3. The lowest BCUT2D eigenvalue weighted by atomic mass is 9.77. The summed E-state index contributed by atoms with van der Waals surface area (Å²) in [5.41, 5.74) is -1.46. The number of benzene rings is 1. The van der Waals surface area contributed by atoms with Gasteiger partial charge >= 0.3 is 12.1 Å². The van der Waals surface area contributed by atoms with Crippen molar-refractivity contribution in [1.82, 2.24) is 5.32 Å². The Morgan fingerprint density at radius 1 is 1.15 bits per heavy atom. The van der Waals surface area contributed by atoms with Gasteiger partial charge in [0.1, 0.15) is 34.7 Å². The number of hydrogen-bond acceptors (Lipinski definition) is 9. The zero-order chi connectivity index (χ0) is 35.0. The van der Waals surface area contributed by atoms with Crippen LogP contribution < -0.4 is 15.0 Å². The molecule has 2 N–H and O–H groups in total. The van der Waals surface area contributed by atoms with E-state index in [4.69, 9.17) is 35.3 Å². The number of alkyl carbamates (subject to hydrolysis) is 1. The lowest BCUT2D eigenvalue weighted by Gasteiger charge is -2.47. The number of esters is 1. The van der Waals surface area contributed by atoms with E-state index >= 15 is 0 Å². The van der Waals surface area contributed by atoms with Crippen molar-refractivity contribution in [2.75, 3.05) is 26.2 Å². The first-order valence-electron chi connectivity index (χ1n) is 16.4. The molecular formula is C35H51ClN2O9. The monoisotopic (exact) mass is 678 g/mol. The molecular weight excluding hydrogens is 628 g/mol. The van der Waals surface area contributed by atoms with Crippen molar-refractivity contribution >= 4 is 35.3 Å². The molecule has 0 aromatic heterocycles. The highest BCUT2D eigenvalue weighted by molar-refractivity contribution is 6.35. The number of allylic oxidation sites excluding steroid dienone is 1. The number of aliphatic hydroxyl groups is 1. The Bertz CT molecular complexity index is 1370. The molecule has 4 rings (SSSR count). The molecule has 3 aliphatic heterocycles. The van der Waals surface area contributed by atoms with E-state index in [-0.39, 0.29) is 24.2 Å². The van der Waals surface area contributed by atoms with Crippen molar-refractivity contribution < 1.29 is 43.2 Å². The second-order valence-electron chi connectivity index (χ2n) is 14.1. The summed E-state index contributed by atoms with van der Waals surface area (Å²) in [5.74, 6) is -1.46. The number of anilines is 1. The van der Waals surface area contributed by atoms with E-state index in [0.29, 0.717) is 29.3 Å². The highest BCUT2D eigenvalue weighted by atomic mass is 35.5. The highest BCUT2D eigenvalue weighted by Gasteiger charge is 2.65. The van der Waals surface area contributed by atoms with Crippen molar-refractivity contribution in [3.63, 3.8) is 0 Å². The summed E-state index contributed by atoms with van der Waals surface area (Å²) in [6.07, 6.45) is 0.891. The van der Waals surface area contributed by atoms with Gasteiger partial charge in [-0.15, -0.1) is 0 Å². The zero-order valence-electron chi connectivity index (χ0n) is 29.2. The maximum Gasteiger partial charge on any atom is 0.409 e. The first-order valence-corrected chi connectivity index (χ1v) is 16.8. The third kappa shape index (κ3) is 7.43. The number of nitrogens with zero attached hydrogens (tertiary/aromatic N) is 1. The zero-order valence-corrected chi connectivity index (χ0v) is 29.9. The Hall–Kier alpha value is -2.86. The standard InChI is InChI=1S/C35H51ClN2O9/c1-18(2)23-12-11-13-26(44-10)35(42)21(6)30(46-33(41)37-35)20(5)31-34(7,47-31)27(45-32(40)19(3)4)17-28(39)38(8)24-15-22(14-23)16-25(43-9)29(24)36/h11,13,15-16,18-21,23,26-27,30-31,42H,12,14,17H2,1-10H3,(H,37,41)/b13-11+/t20-,21?,23?,26-,27+,30-,31+,34-,35+/m1/s1. The molecule has 0 saturated carbocycles. The summed E-state index contributed by atoms with van der Waals surface area (Å²) in [6.45, 7) is 13.1. The Morgan fingerprint density at radius 2 is 1.83 bits per heavy atom. The number of epoxide rings is 1. The van der Waals surface area contributed by atoms with Crippen molar-refractivity contribution in [2.24, 2.45) is 29.6 Å². The predicted octanol–water partition coefficient (Wildman–Crippen LogP) is 5.29. The molecule has 2 amide bonds. The Morgan fingerprint density at radius 3 is 2.43 bits per heavy atom. The summed E-state index contributed by atoms with van der Waals surface area (Å²) in [7, 11) is 4.65. The molecule has 4 bridgehead atoms. The Labute approximate surface area is 283 Å². The smallest absolute Gasteiger partial charge is 0.409 e. The van der Waals surface area contributed by atoms with Crippen molar-refractivity contribution in [2.45, 2.75) is 103 Å². The van der Waals surface area contributed by atoms with Gasteiger partial charge in [-0.1, -0.05) is 65.3 Å². The van der Waals surface area contributed by atoms with Gasteiger partial charge in [-0.3, -0.25) is 14.9 Å². The van der Waals surface area contributed by atoms with E-state index in [1.165, 1.54) is 19.1 Å². The maximum atomic E-state index is 14.0. The molecule has 0 aliphatic carbocycles. The average molecular weight is 679 g/mol. The van der Waals surface area contributed by atoms with Gasteiger partial charge < -0.3 is 33.7 Å². The molecule has 3 heterocycles. The van der Waals surface area contributed by atoms with Crippen LogP contribution in [0.1, 0.15) is 66.9 Å². The molecule has 47 heavy (non-hydrogen) atoms. The molecule has 0 radical (unpaired) electrons. The molecule has 1 aromatic rings. The van der Waals surface area contributed by atoms with Gasteiger partial charge in [0.15, 0.2) is 5.72 Å². The minimum atomic E-state index is -1.79. The molecule has 262 valence electrons. The molecule has 12 heteroatoms. The van der Waals surface area contributed by atoms with Gasteiger partial charge in [0, 0.05) is 26.0 Å². The lowest BCUT2D eigenvalue weighted by Crippen LogP contribution is -2.68. The van der Waals surface area contributed by atoms with Crippen molar-refractivity contribution in [1.29, 1.82) is 0 Å². The van der Waals surface area contributed by atoms with Crippen LogP contribution in [0.4, 0.5) is 10.5 Å². The number of amides is 2. The third-order valence-corrected chi connectivity index (χ3v) is 10.6. The van der Waals surface area contributed by atoms with Crippen LogP contribution in [-0.2, 0) is 35.0 Å². The minimum absolute atomic E-state index is 0.165. The van der Waals surface area contributed by atoms with Crippen LogP contribution in [0.25, 0.3) is 0 Å². The van der Waals surface area contributed by atoms with Gasteiger partial charge in [0.05, 0.1) is 31.2 Å². The van der Waals surface area contributed by atoms with Gasteiger partial charge in [-0.05, 0) is 49.3 Å². The SMILES string of the molecule is COc1cc2cc(c1Cl)N(C)C(=O)C[C@H](OC(=O)C(C)C)[C@@]1(C)O[C@H]1[C@H](C)[C@H]1OC(=O)N[C@](O)(C1C)[C@H](OC)/C=C/CC(C(C)C)C2. The van der Waals surface area contributed by atoms with Crippen LogP contribution in [0.15, 0.2) is 24.3 Å². The number of halogens is 1. The quantitative estimate of drug-likeness (QED) is 0.242. The van der Waals surface area contributed by atoms with Crippen molar-refractivity contribution in [3.8, 4) is 5.75 Å². The average Bonchev–Trinajstić information content (AvgIpc) is 3.71. The van der Waals surface area contributed by atoms with Gasteiger partial charge in [-0.2, -0.15) is 0 Å². The van der Waals surface area contributed by atoms with Gasteiger partial charge in [0.2, 0.25) is 5.91 Å². The number of carbonyl (C=O) groups is 3. The van der Waals surface area contributed by atoms with Crippen LogP contribution in [-0.4, -0.2) is 80.1 Å². The van der Waals surface area contributed by atoms with E-state index in [1.807, 2.05) is 25.1 Å². The van der Waals surface area contributed by atoms with Crippen molar-refractivity contribution in [3.05, 3.63) is 34.9 Å². The van der Waals surface area contributed by atoms with Gasteiger partial charge in [-0.25, -0.2) is 4.79 Å². The number of fused-ring (bicyclic) bond motifs is 5. The predicted molar refractivity (Wildman–Crippen MR) is 177 cm³/mol.